The first-order valence-corrected chi connectivity index (χ1v) is 7.59. The van der Waals surface area contributed by atoms with Crippen LogP contribution in [0, 0.1) is 6.92 Å². The van der Waals surface area contributed by atoms with Crippen LogP contribution >= 0.6 is 0 Å². The molecule has 0 radical (unpaired) electrons. The van der Waals surface area contributed by atoms with E-state index < -0.39 is 0 Å². The summed E-state index contributed by atoms with van der Waals surface area (Å²) in [5.41, 5.74) is 8.69. The number of benzene rings is 2. The third-order valence-electron chi connectivity index (χ3n) is 3.61. The Hall–Kier alpha value is -3.15. The molecule has 0 unspecified atom stereocenters. The fourth-order valence-electron chi connectivity index (χ4n) is 2.36. The number of hydrogen-bond acceptors (Lipinski definition) is 4. The van der Waals surface area contributed by atoms with Crippen molar-refractivity contribution in [2.75, 3.05) is 12.4 Å². The first-order valence-electron chi connectivity index (χ1n) is 7.59. The smallest absolute Gasteiger partial charge is 0.230 e. The van der Waals surface area contributed by atoms with Gasteiger partial charge in [-0.3, -0.25) is 5.32 Å². The van der Waals surface area contributed by atoms with Crippen molar-refractivity contribution in [1.29, 1.82) is 0 Å². The van der Waals surface area contributed by atoms with E-state index in [1.807, 2.05) is 55.5 Å². The van der Waals surface area contributed by atoms with Gasteiger partial charge in [0.2, 0.25) is 5.95 Å². The lowest BCUT2D eigenvalue weighted by atomic mass is 10.2. The normalized spacial score (nSPS) is 11.5. The number of guanidine groups is 1. The van der Waals surface area contributed by atoms with Gasteiger partial charge in [0.15, 0.2) is 5.96 Å². The quantitative estimate of drug-likeness (QED) is 0.570. The molecular weight excluding hydrogens is 302 g/mol. The molecule has 24 heavy (non-hydrogen) atoms. The number of rotatable bonds is 4. The molecule has 0 aliphatic rings. The van der Waals surface area contributed by atoms with Crippen LogP contribution in [0.15, 0.2) is 53.5 Å². The van der Waals surface area contributed by atoms with E-state index in [2.05, 4.69) is 20.3 Å². The Morgan fingerprint density at radius 2 is 1.96 bits per heavy atom. The second-order valence-corrected chi connectivity index (χ2v) is 5.33. The van der Waals surface area contributed by atoms with Crippen molar-refractivity contribution in [3.05, 3.63) is 59.8 Å². The lowest BCUT2D eigenvalue weighted by Gasteiger charge is -2.08. The Balaban J connectivity index is 1.79. The molecule has 0 atom stereocenters. The van der Waals surface area contributed by atoms with Crippen molar-refractivity contribution in [3.63, 3.8) is 0 Å². The summed E-state index contributed by atoms with van der Waals surface area (Å²) in [5, 5.41) is 3.89. The number of nitrogens with one attached hydrogen (secondary N) is 1. The fraction of sp³-hybridized carbons (Fsp3) is 0.167. The lowest BCUT2D eigenvalue weighted by molar-refractivity contribution is 0.415. The van der Waals surface area contributed by atoms with E-state index in [1.165, 1.54) is 0 Å². The summed E-state index contributed by atoms with van der Waals surface area (Å²) in [5.74, 6) is 1.49. The number of anilines is 1. The van der Waals surface area contributed by atoms with E-state index in [-0.39, 0.29) is 5.96 Å². The maximum atomic E-state index is 5.93. The number of ether oxygens (including phenoxy) is 1. The number of hydrogen-bond donors (Lipinski definition) is 2. The van der Waals surface area contributed by atoms with Gasteiger partial charge in [0.25, 0.3) is 0 Å². The Morgan fingerprint density at radius 1 is 1.17 bits per heavy atom. The maximum Gasteiger partial charge on any atom is 0.230 e. The van der Waals surface area contributed by atoms with Crippen LogP contribution < -0.4 is 15.8 Å². The number of nitrogens with two attached hydrogens (primary N) is 1. The summed E-state index contributed by atoms with van der Waals surface area (Å²) in [4.78, 5) is 13.2. The first kappa shape index (κ1) is 15.7. The van der Waals surface area contributed by atoms with Crippen molar-refractivity contribution in [2.24, 2.45) is 10.7 Å². The van der Waals surface area contributed by atoms with Crippen LogP contribution in [0.4, 0.5) is 5.95 Å². The first-order chi connectivity index (χ1) is 11.7. The summed E-state index contributed by atoms with van der Waals surface area (Å²) in [6.45, 7) is 2.43. The van der Waals surface area contributed by atoms with Crippen molar-refractivity contribution in [2.45, 2.75) is 13.5 Å². The molecule has 0 aliphatic heterocycles. The van der Waals surface area contributed by atoms with Gasteiger partial charge < -0.3 is 10.5 Å². The fourth-order valence-corrected chi connectivity index (χ4v) is 2.36. The van der Waals surface area contributed by atoms with Crippen molar-refractivity contribution < 1.29 is 4.74 Å². The average molecular weight is 321 g/mol. The SMILES string of the molecule is COc1ccc2nc(NC(N)=NCc3ccccc3)nc(C)c2c1. The summed E-state index contributed by atoms with van der Waals surface area (Å²) in [7, 11) is 1.64. The van der Waals surface area contributed by atoms with E-state index in [0.717, 1.165) is 27.9 Å². The average Bonchev–Trinajstić information content (AvgIpc) is 2.60. The lowest BCUT2D eigenvalue weighted by Crippen LogP contribution is -2.24. The van der Waals surface area contributed by atoms with E-state index in [0.29, 0.717) is 12.5 Å². The van der Waals surface area contributed by atoms with Crippen LogP contribution in [0.25, 0.3) is 10.9 Å². The predicted molar refractivity (Wildman–Crippen MR) is 96.2 cm³/mol. The Kier molecular flexibility index (Phi) is 4.56. The highest BCUT2D eigenvalue weighted by atomic mass is 16.5. The summed E-state index contributed by atoms with van der Waals surface area (Å²) in [6.07, 6.45) is 0. The van der Waals surface area contributed by atoms with Crippen molar-refractivity contribution in [1.82, 2.24) is 9.97 Å². The molecule has 1 aromatic heterocycles. The predicted octanol–water partition coefficient (Wildman–Crippen LogP) is 2.87. The van der Waals surface area contributed by atoms with Gasteiger partial charge in [-0.05, 0) is 30.7 Å². The highest BCUT2D eigenvalue weighted by molar-refractivity contribution is 5.92. The largest absolute Gasteiger partial charge is 0.497 e. The standard InChI is InChI=1S/C18H19N5O/c1-12-15-10-14(24-2)8-9-16(15)22-18(21-12)23-17(19)20-11-13-6-4-3-5-7-13/h3-10H,11H2,1-2H3,(H3,19,20,21,22,23). The number of aliphatic imine (C=N–C) groups is 1. The molecule has 1 heterocycles. The molecule has 0 saturated heterocycles. The number of nitrogens with zero attached hydrogens (tertiary/aromatic N) is 3. The molecule has 0 spiro atoms. The molecule has 122 valence electrons. The molecule has 0 bridgehead atoms. The Labute approximate surface area is 140 Å². The van der Waals surface area contributed by atoms with Gasteiger partial charge in [-0.15, -0.1) is 0 Å². The van der Waals surface area contributed by atoms with Gasteiger partial charge >= 0.3 is 0 Å². The number of aromatic nitrogens is 2. The molecule has 0 fully saturated rings. The van der Waals surface area contributed by atoms with Gasteiger partial charge in [-0.2, -0.15) is 0 Å². The summed E-state index contributed by atoms with van der Waals surface area (Å²) < 4.78 is 5.24. The van der Waals surface area contributed by atoms with Crippen LogP contribution in [0.2, 0.25) is 0 Å². The van der Waals surface area contributed by atoms with Crippen molar-refractivity contribution in [3.8, 4) is 5.75 Å². The third-order valence-corrected chi connectivity index (χ3v) is 3.61. The van der Waals surface area contributed by atoms with Gasteiger partial charge in [-0.1, -0.05) is 30.3 Å². The van der Waals surface area contributed by atoms with Crippen LogP contribution in [-0.4, -0.2) is 23.0 Å². The number of aryl methyl sites for hydroxylation is 1. The highest BCUT2D eigenvalue weighted by Crippen LogP contribution is 2.22. The minimum Gasteiger partial charge on any atom is -0.497 e. The minimum absolute atomic E-state index is 0.283. The molecule has 6 heteroatoms. The zero-order valence-electron chi connectivity index (χ0n) is 13.7. The second-order valence-electron chi connectivity index (χ2n) is 5.33. The molecule has 0 aliphatic carbocycles. The minimum atomic E-state index is 0.283. The Bertz CT molecular complexity index is 877. The summed E-state index contributed by atoms with van der Waals surface area (Å²) >= 11 is 0. The van der Waals surface area contributed by atoms with Gasteiger partial charge in [0.1, 0.15) is 5.75 Å². The van der Waals surface area contributed by atoms with Gasteiger partial charge in [0.05, 0.1) is 24.9 Å². The Morgan fingerprint density at radius 3 is 2.71 bits per heavy atom. The van der Waals surface area contributed by atoms with Gasteiger partial charge in [0, 0.05) is 5.39 Å². The second kappa shape index (κ2) is 6.95. The molecule has 0 saturated carbocycles. The van der Waals surface area contributed by atoms with Crippen LogP contribution in [0.3, 0.4) is 0 Å². The van der Waals surface area contributed by atoms with Crippen LogP contribution in [0.1, 0.15) is 11.3 Å². The van der Waals surface area contributed by atoms with E-state index in [9.17, 15) is 0 Å². The maximum absolute atomic E-state index is 5.93. The topological polar surface area (TPSA) is 85.4 Å². The van der Waals surface area contributed by atoms with Crippen LogP contribution in [0.5, 0.6) is 5.75 Å². The highest BCUT2D eigenvalue weighted by Gasteiger charge is 2.06. The molecule has 3 rings (SSSR count). The van der Waals surface area contributed by atoms with Crippen LogP contribution in [-0.2, 0) is 6.54 Å². The van der Waals surface area contributed by atoms with E-state index in [1.54, 1.807) is 7.11 Å². The van der Waals surface area contributed by atoms with E-state index >= 15 is 0 Å². The number of methoxy groups -OCH3 is 1. The molecule has 2 aromatic carbocycles. The molecule has 6 nitrogen and oxygen atoms in total. The zero-order valence-corrected chi connectivity index (χ0v) is 13.7. The molecular formula is C18H19N5O. The molecule has 3 aromatic rings. The number of fused-ring (bicyclic) bond motifs is 1. The van der Waals surface area contributed by atoms with Gasteiger partial charge in [-0.25, -0.2) is 15.0 Å². The molecule has 0 amide bonds. The van der Waals surface area contributed by atoms with E-state index in [4.69, 9.17) is 10.5 Å². The summed E-state index contributed by atoms with van der Waals surface area (Å²) in [6, 6.07) is 15.6. The zero-order chi connectivity index (χ0) is 16.9. The molecule has 3 N–H and O–H groups in total. The third kappa shape index (κ3) is 3.60. The monoisotopic (exact) mass is 321 g/mol. The van der Waals surface area contributed by atoms with Crippen molar-refractivity contribution >= 4 is 22.8 Å².